The van der Waals surface area contributed by atoms with Crippen molar-refractivity contribution in [2.45, 2.75) is 20.4 Å². The Hall–Kier alpha value is -1.92. The van der Waals surface area contributed by atoms with Gasteiger partial charge in [0, 0.05) is 11.4 Å². The normalized spacial score (nSPS) is 11.6. The van der Waals surface area contributed by atoms with Gasteiger partial charge in [-0.1, -0.05) is 13.8 Å². The van der Waals surface area contributed by atoms with Gasteiger partial charge in [-0.05, 0) is 31.3 Å². The van der Waals surface area contributed by atoms with E-state index in [2.05, 4.69) is 34.8 Å². The largest absolute Gasteiger partial charge is 0.461 e. The van der Waals surface area contributed by atoms with Gasteiger partial charge in [0.2, 0.25) is 0 Å². The molecule has 3 rings (SSSR count). The van der Waals surface area contributed by atoms with Gasteiger partial charge in [0.25, 0.3) is 0 Å². The molecule has 0 amide bonds. The van der Waals surface area contributed by atoms with Crippen LogP contribution in [0.1, 0.15) is 18.7 Å². The van der Waals surface area contributed by atoms with Gasteiger partial charge in [0.15, 0.2) is 11.6 Å². The van der Waals surface area contributed by atoms with E-state index in [0.29, 0.717) is 17.4 Å². The highest BCUT2D eigenvalue weighted by Gasteiger charge is 2.13. The standard InChI is InChI=1S/C15H18N4OS/c1-3-19(4-2)9-10-8-11-13(16)17-14(18-15(11)21-10)12-6-5-7-20-12/h5-8H,3-4,9H2,1-2H3,(H2,16,17,18). The third kappa shape index (κ3) is 2.77. The summed E-state index contributed by atoms with van der Waals surface area (Å²) in [6.45, 7) is 7.32. The van der Waals surface area contributed by atoms with E-state index in [1.54, 1.807) is 17.6 Å². The van der Waals surface area contributed by atoms with Crippen LogP contribution in [-0.2, 0) is 6.54 Å². The number of hydrogen-bond donors (Lipinski definition) is 1. The third-order valence-corrected chi connectivity index (χ3v) is 4.50. The second-order valence-electron chi connectivity index (χ2n) is 4.80. The maximum atomic E-state index is 6.07. The summed E-state index contributed by atoms with van der Waals surface area (Å²) in [5, 5.41) is 0.928. The maximum Gasteiger partial charge on any atom is 0.199 e. The number of hydrogen-bond acceptors (Lipinski definition) is 6. The molecule has 0 bridgehead atoms. The Morgan fingerprint density at radius 3 is 2.76 bits per heavy atom. The number of fused-ring (bicyclic) bond motifs is 1. The Morgan fingerprint density at radius 1 is 1.29 bits per heavy atom. The Kier molecular flexibility index (Phi) is 3.90. The van der Waals surface area contributed by atoms with Crippen LogP contribution in [0, 0.1) is 0 Å². The van der Waals surface area contributed by atoms with Gasteiger partial charge in [-0.15, -0.1) is 11.3 Å². The first kappa shape index (κ1) is 14.0. The summed E-state index contributed by atoms with van der Waals surface area (Å²) < 4.78 is 5.35. The molecular formula is C15H18N4OS. The summed E-state index contributed by atoms with van der Waals surface area (Å²) in [5.74, 6) is 1.69. The van der Waals surface area contributed by atoms with E-state index in [-0.39, 0.29) is 0 Å². The topological polar surface area (TPSA) is 68.2 Å². The predicted molar refractivity (Wildman–Crippen MR) is 86.2 cm³/mol. The van der Waals surface area contributed by atoms with Gasteiger partial charge in [-0.25, -0.2) is 9.97 Å². The van der Waals surface area contributed by atoms with Crippen molar-refractivity contribution >= 4 is 27.4 Å². The van der Waals surface area contributed by atoms with Crippen molar-refractivity contribution in [1.29, 1.82) is 0 Å². The van der Waals surface area contributed by atoms with Crippen molar-refractivity contribution in [2.75, 3.05) is 18.8 Å². The quantitative estimate of drug-likeness (QED) is 0.782. The molecule has 0 aliphatic rings. The second kappa shape index (κ2) is 5.83. The van der Waals surface area contributed by atoms with E-state index in [0.717, 1.165) is 29.9 Å². The van der Waals surface area contributed by atoms with Crippen LogP contribution in [0.5, 0.6) is 0 Å². The number of rotatable bonds is 5. The molecule has 0 radical (unpaired) electrons. The molecule has 3 heterocycles. The summed E-state index contributed by atoms with van der Waals surface area (Å²) in [6, 6.07) is 5.75. The van der Waals surface area contributed by atoms with Crippen LogP contribution >= 0.6 is 11.3 Å². The van der Waals surface area contributed by atoms with Gasteiger partial charge in [0.1, 0.15) is 10.6 Å². The molecule has 3 aromatic heterocycles. The van der Waals surface area contributed by atoms with Crippen LogP contribution in [0.15, 0.2) is 28.9 Å². The van der Waals surface area contributed by atoms with Gasteiger partial charge >= 0.3 is 0 Å². The molecule has 0 fully saturated rings. The van der Waals surface area contributed by atoms with Crippen LogP contribution in [0.25, 0.3) is 21.8 Å². The molecular weight excluding hydrogens is 284 g/mol. The van der Waals surface area contributed by atoms with Gasteiger partial charge in [-0.3, -0.25) is 4.90 Å². The molecule has 110 valence electrons. The van der Waals surface area contributed by atoms with Gasteiger partial charge < -0.3 is 10.2 Å². The zero-order valence-electron chi connectivity index (χ0n) is 12.2. The molecule has 6 heteroatoms. The smallest absolute Gasteiger partial charge is 0.199 e. The minimum absolute atomic E-state index is 0.508. The molecule has 5 nitrogen and oxygen atoms in total. The maximum absolute atomic E-state index is 6.07. The fraction of sp³-hybridized carbons (Fsp3) is 0.333. The highest BCUT2D eigenvalue weighted by Crippen LogP contribution is 2.30. The molecule has 0 saturated carbocycles. The Labute approximate surface area is 127 Å². The Balaban J connectivity index is 1.99. The SMILES string of the molecule is CCN(CC)Cc1cc2c(N)nc(-c3ccco3)nc2s1. The van der Waals surface area contributed by atoms with Crippen molar-refractivity contribution in [3.63, 3.8) is 0 Å². The number of nitrogens with two attached hydrogens (primary N) is 1. The number of anilines is 1. The summed E-state index contributed by atoms with van der Waals surface area (Å²) >= 11 is 1.67. The highest BCUT2D eigenvalue weighted by molar-refractivity contribution is 7.18. The monoisotopic (exact) mass is 302 g/mol. The lowest BCUT2D eigenvalue weighted by Gasteiger charge is -2.16. The number of nitrogens with zero attached hydrogens (tertiary/aromatic N) is 3. The number of thiophene rings is 1. The van der Waals surface area contributed by atoms with Crippen LogP contribution < -0.4 is 5.73 Å². The molecule has 0 aromatic carbocycles. The third-order valence-electron chi connectivity index (χ3n) is 3.49. The molecule has 2 N–H and O–H groups in total. The van der Waals surface area contributed by atoms with E-state index in [1.807, 2.05) is 12.1 Å². The molecule has 0 aliphatic heterocycles. The number of nitrogen functional groups attached to an aromatic ring is 1. The summed E-state index contributed by atoms with van der Waals surface area (Å²) in [4.78, 5) is 13.4. The number of furan rings is 1. The zero-order chi connectivity index (χ0) is 14.8. The first-order chi connectivity index (χ1) is 10.2. The highest BCUT2D eigenvalue weighted by atomic mass is 32.1. The van der Waals surface area contributed by atoms with Crippen LogP contribution in [-0.4, -0.2) is 28.0 Å². The van der Waals surface area contributed by atoms with Crippen molar-refractivity contribution in [1.82, 2.24) is 14.9 Å². The van der Waals surface area contributed by atoms with E-state index >= 15 is 0 Å². The van der Waals surface area contributed by atoms with Crippen LogP contribution in [0.4, 0.5) is 5.82 Å². The van der Waals surface area contributed by atoms with Crippen LogP contribution in [0.2, 0.25) is 0 Å². The van der Waals surface area contributed by atoms with Gasteiger partial charge in [-0.2, -0.15) is 0 Å². The van der Waals surface area contributed by atoms with Crippen molar-refractivity contribution in [3.05, 3.63) is 29.3 Å². The molecule has 0 aliphatic carbocycles. The minimum atomic E-state index is 0.508. The second-order valence-corrected chi connectivity index (χ2v) is 5.92. The molecule has 0 spiro atoms. The average molecular weight is 302 g/mol. The van der Waals surface area contributed by atoms with E-state index in [4.69, 9.17) is 10.2 Å². The predicted octanol–water partition coefficient (Wildman–Crippen LogP) is 3.38. The Morgan fingerprint density at radius 2 is 2.10 bits per heavy atom. The van der Waals surface area contributed by atoms with Gasteiger partial charge in [0.05, 0.1) is 11.6 Å². The van der Waals surface area contributed by atoms with Crippen LogP contribution in [0.3, 0.4) is 0 Å². The molecule has 21 heavy (non-hydrogen) atoms. The summed E-state index contributed by atoms with van der Waals surface area (Å²) in [6.07, 6.45) is 1.61. The minimum Gasteiger partial charge on any atom is -0.461 e. The first-order valence-corrected chi connectivity index (χ1v) is 7.85. The lowest BCUT2D eigenvalue weighted by atomic mass is 10.3. The average Bonchev–Trinajstić information content (AvgIpc) is 3.13. The van der Waals surface area contributed by atoms with E-state index < -0.39 is 0 Å². The van der Waals surface area contributed by atoms with Crippen molar-refractivity contribution < 1.29 is 4.42 Å². The summed E-state index contributed by atoms with van der Waals surface area (Å²) in [5.41, 5.74) is 6.07. The lowest BCUT2D eigenvalue weighted by molar-refractivity contribution is 0.298. The molecule has 0 atom stereocenters. The molecule has 0 saturated heterocycles. The van der Waals surface area contributed by atoms with Crippen molar-refractivity contribution in [2.24, 2.45) is 0 Å². The molecule has 0 unspecified atom stereocenters. The summed E-state index contributed by atoms with van der Waals surface area (Å²) in [7, 11) is 0. The lowest BCUT2D eigenvalue weighted by Crippen LogP contribution is -2.21. The number of aromatic nitrogens is 2. The fourth-order valence-electron chi connectivity index (χ4n) is 2.25. The Bertz CT molecular complexity index is 732. The fourth-order valence-corrected chi connectivity index (χ4v) is 3.33. The van der Waals surface area contributed by atoms with E-state index in [9.17, 15) is 0 Å². The van der Waals surface area contributed by atoms with E-state index in [1.165, 1.54) is 4.88 Å². The van der Waals surface area contributed by atoms with Crippen molar-refractivity contribution in [3.8, 4) is 11.6 Å². The first-order valence-electron chi connectivity index (χ1n) is 7.03. The zero-order valence-corrected chi connectivity index (χ0v) is 13.0. The molecule has 3 aromatic rings.